The molecule has 1 saturated carbocycles. The first-order valence-corrected chi connectivity index (χ1v) is 8.81. The van der Waals surface area contributed by atoms with E-state index in [4.69, 9.17) is 9.47 Å². The lowest BCUT2D eigenvalue weighted by molar-refractivity contribution is -0.0887. The Hall–Kier alpha value is -2.16. The van der Waals surface area contributed by atoms with E-state index in [0.717, 1.165) is 22.4 Å². The van der Waals surface area contributed by atoms with Gasteiger partial charge in [0.1, 0.15) is 5.69 Å². The minimum absolute atomic E-state index is 0.234. The molecule has 1 aliphatic carbocycles. The summed E-state index contributed by atoms with van der Waals surface area (Å²) in [4.78, 5) is 0. The Morgan fingerprint density at radius 2 is 2.16 bits per heavy atom. The lowest BCUT2D eigenvalue weighted by Crippen LogP contribution is -2.24. The molecule has 1 aliphatic heterocycles. The van der Waals surface area contributed by atoms with E-state index in [0.29, 0.717) is 19.1 Å². The van der Waals surface area contributed by atoms with Crippen LogP contribution in [0, 0.1) is 24.7 Å². The highest BCUT2D eigenvalue weighted by Crippen LogP contribution is 2.28. The zero-order chi connectivity index (χ0) is 17.4. The molecule has 130 valence electrons. The minimum Gasteiger partial charge on any atom is -0.348 e. The summed E-state index contributed by atoms with van der Waals surface area (Å²) in [5.74, 6) is 7.18. The fourth-order valence-electron chi connectivity index (χ4n) is 2.91. The highest BCUT2D eigenvalue weighted by atomic mass is 16.7. The molecule has 0 N–H and O–H groups in total. The Bertz CT molecular complexity index is 840. The molecule has 1 saturated heterocycles. The van der Waals surface area contributed by atoms with Crippen molar-refractivity contribution in [1.29, 1.82) is 0 Å². The highest BCUT2D eigenvalue weighted by Gasteiger charge is 2.33. The Morgan fingerprint density at radius 3 is 2.84 bits per heavy atom. The van der Waals surface area contributed by atoms with Crippen LogP contribution in [-0.4, -0.2) is 33.5 Å². The lowest BCUT2D eigenvalue weighted by Gasteiger charge is -2.15. The molecule has 0 amide bonds. The minimum atomic E-state index is -0.272. The Balaban J connectivity index is 1.47. The summed E-state index contributed by atoms with van der Waals surface area (Å²) in [5, 5.41) is 8.52. The van der Waals surface area contributed by atoms with Gasteiger partial charge in [-0.05, 0) is 51.3 Å². The highest BCUT2D eigenvalue weighted by molar-refractivity contribution is 5.64. The zero-order valence-corrected chi connectivity index (χ0v) is 15.0. The van der Waals surface area contributed by atoms with E-state index in [1.807, 2.05) is 20.0 Å². The molecule has 1 unspecified atom stereocenters. The van der Waals surface area contributed by atoms with Crippen molar-refractivity contribution in [2.24, 2.45) is 5.92 Å². The predicted octanol–water partition coefficient (Wildman–Crippen LogP) is 3.17. The van der Waals surface area contributed by atoms with Gasteiger partial charge in [-0.1, -0.05) is 23.1 Å². The fourth-order valence-corrected chi connectivity index (χ4v) is 2.91. The number of nitrogens with zero attached hydrogens (tertiary/aromatic N) is 3. The van der Waals surface area contributed by atoms with Crippen LogP contribution in [0.3, 0.4) is 0 Å². The van der Waals surface area contributed by atoms with Gasteiger partial charge in [0.15, 0.2) is 6.29 Å². The van der Waals surface area contributed by atoms with Crippen molar-refractivity contribution in [2.75, 3.05) is 6.61 Å². The van der Waals surface area contributed by atoms with E-state index in [9.17, 15) is 0 Å². The third kappa shape index (κ3) is 3.92. The molecule has 2 fully saturated rings. The summed E-state index contributed by atoms with van der Waals surface area (Å²) in [6, 6.07) is 6.25. The maximum atomic E-state index is 5.83. The maximum absolute atomic E-state index is 5.83. The van der Waals surface area contributed by atoms with E-state index in [1.165, 1.54) is 12.8 Å². The van der Waals surface area contributed by atoms with Gasteiger partial charge in [0.05, 0.1) is 24.9 Å². The Labute approximate surface area is 148 Å². The van der Waals surface area contributed by atoms with Crippen LogP contribution in [0.4, 0.5) is 0 Å². The van der Waals surface area contributed by atoms with E-state index in [1.54, 1.807) is 4.68 Å². The first kappa shape index (κ1) is 16.3. The molecule has 2 aliphatic rings. The Kier molecular flexibility index (Phi) is 4.10. The molecule has 25 heavy (non-hydrogen) atoms. The third-order valence-corrected chi connectivity index (χ3v) is 4.44. The van der Waals surface area contributed by atoms with Crippen molar-refractivity contribution in [3.05, 3.63) is 35.5 Å². The number of ether oxygens (including phenoxy) is 2. The molecule has 0 bridgehead atoms. The van der Waals surface area contributed by atoms with E-state index < -0.39 is 0 Å². The summed E-state index contributed by atoms with van der Waals surface area (Å²) < 4.78 is 13.3. The number of benzene rings is 1. The van der Waals surface area contributed by atoms with Gasteiger partial charge in [0.25, 0.3) is 0 Å². The molecule has 4 rings (SSSR count). The van der Waals surface area contributed by atoms with E-state index >= 15 is 0 Å². The molecule has 1 aromatic carbocycles. The first-order chi connectivity index (χ1) is 12.0. The second kappa shape index (κ2) is 6.29. The lowest BCUT2D eigenvalue weighted by atomic mass is 10.0. The van der Waals surface area contributed by atoms with Crippen molar-refractivity contribution >= 4 is 0 Å². The van der Waals surface area contributed by atoms with Gasteiger partial charge in [-0.3, -0.25) is 0 Å². The average molecular weight is 337 g/mol. The van der Waals surface area contributed by atoms with Crippen molar-refractivity contribution in [2.45, 2.75) is 52.0 Å². The smallest absolute Gasteiger partial charge is 0.178 e. The number of hydrogen-bond acceptors (Lipinski definition) is 4. The van der Waals surface area contributed by atoms with Gasteiger partial charge in [-0.25, -0.2) is 4.68 Å². The van der Waals surface area contributed by atoms with Crippen molar-refractivity contribution in [1.82, 2.24) is 15.0 Å². The van der Waals surface area contributed by atoms with Gasteiger partial charge < -0.3 is 9.47 Å². The molecule has 0 radical (unpaired) electrons. The number of hydrogen-bond donors (Lipinski definition) is 0. The molecule has 1 atom stereocenters. The number of rotatable bonds is 3. The van der Waals surface area contributed by atoms with Crippen LogP contribution in [0.15, 0.2) is 24.4 Å². The molecular weight excluding hydrogens is 314 g/mol. The maximum Gasteiger partial charge on any atom is 0.178 e. The Morgan fingerprint density at radius 1 is 1.32 bits per heavy atom. The zero-order valence-electron chi connectivity index (χ0n) is 15.0. The second-order valence-corrected chi connectivity index (χ2v) is 7.52. The van der Waals surface area contributed by atoms with Crippen molar-refractivity contribution < 1.29 is 9.47 Å². The standard InChI is InChI=1S/C20H23N3O2/c1-14-10-16(7-6-15-4-5-15)8-9-17(14)18-11-23(22-21-18)12-19-24-13-20(2,3)25-19/h8-11,15,19H,4-5,12-13H2,1-3H3. The fraction of sp³-hybridized carbons (Fsp3) is 0.500. The summed E-state index contributed by atoms with van der Waals surface area (Å²) in [5.41, 5.74) is 3.93. The molecule has 1 aromatic heterocycles. The normalized spacial score (nSPS) is 21.8. The molecular formula is C20H23N3O2. The first-order valence-electron chi connectivity index (χ1n) is 8.81. The largest absolute Gasteiger partial charge is 0.348 e. The quantitative estimate of drug-likeness (QED) is 0.807. The summed E-state index contributed by atoms with van der Waals surface area (Å²) in [7, 11) is 0. The van der Waals surface area contributed by atoms with Gasteiger partial charge >= 0.3 is 0 Å². The summed E-state index contributed by atoms with van der Waals surface area (Å²) in [6.07, 6.45) is 4.17. The van der Waals surface area contributed by atoms with E-state index in [-0.39, 0.29) is 11.9 Å². The van der Waals surface area contributed by atoms with Gasteiger partial charge in [-0.2, -0.15) is 0 Å². The van der Waals surface area contributed by atoms with Gasteiger partial charge in [-0.15, -0.1) is 5.10 Å². The molecule has 2 heterocycles. The van der Waals surface area contributed by atoms with Gasteiger partial charge in [0.2, 0.25) is 0 Å². The van der Waals surface area contributed by atoms with Gasteiger partial charge in [0, 0.05) is 17.0 Å². The van der Waals surface area contributed by atoms with Crippen molar-refractivity contribution in [3.8, 4) is 23.1 Å². The number of aromatic nitrogens is 3. The summed E-state index contributed by atoms with van der Waals surface area (Å²) >= 11 is 0. The van der Waals surface area contributed by atoms with Crippen LogP contribution >= 0.6 is 0 Å². The van der Waals surface area contributed by atoms with Crippen molar-refractivity contribution in [3.63, 3.8) is 0 Å². The average Bonchev–Trinajstić information content (AvgIpc) is 3.18. The molecule has 0 spiro atoms. The van der Waals surface area contributed by atoms with Crippen LogP contribution in [-0.2, 0) is 16.0 Å². The van der Waals surface area contributed by atoms with Crippen LogP contribution in [0.5, 0.6) is 0 Å². The summed E-state index contributed by atoms with van der Waals surface area (Å²) in [6.45, 7) is 7.28. The predicted molar refractivity (Wildman–Crippen MR) is 94.7 cm³/mol. The van der Waals surface area contributed by atoms with Crippen LogP contribution in [0.1, 0.15) is 37.8 Å². The number of aryl methyl sites for hydroxylation is 1. The second-order valence-electron chi connectivity index (χ2n) is 7.52. The van der Waals surface area contributed by atoms with Crippen LogP contribution in [0.25, 0.3) is 11.3 Å². The van der Waals surface area contributed by atoms with Crippen LogP contribution in [0.2, 0.25) is 0 Å². The third-order valence-electron chi connectivity index (χ3n) is 4.44. The van der Waals surface area contributed by atoms with E-state index in [2.05, 4.69) is 47.3 Å². The monoisotopic (exact) mass is 337 g/mol. The van der Waals surface area contributed by atoms with Crippen LogP contribution < -0.4 is 0 Å². The molecule has 5 nitrogen and oxygen atoms in total. The SMILES string of the molecule is Cc1cc(C#CC2CC2)ccc1-c1cn(CC2OCC(C)(C)O2)nn1. The topological polar surface area (TPSA) is 49.2 Å². The molecule has 2 aromatic rings. The molecule has 5 heteroatoms.